The molecule has 0 fully saturated rings. The fourth-order valence-corrected chi connectivity index (χ4v) is 0.306. The van der Waals surface area contributed by atoms with Crippen LogP contribution in [0.1, 0.15) is 41.0 Å². The zero-order valence-corrected chi connectivity index (χ0v) is 8.93. The predicted molar refractivity (Wildman–Crippen MR) is 47.6 cm³/mol. The molecule has 0 aliphatic carbocycles. The molecule has 0 aromatic heterocycles. The SMILES string of the molecule is CCC(C)(C)OOC(C)(C)OC. The molecule has 0 aliphatic rings. The van der Waals surface area contributed by atoms with Gasteiger partial charge in [0, 0.05) is 7.11 Å². The smallest absolute Gasteiger partial charge is 0.195 e. The average molecular weight is 176 g/mol. The van der Waals surface area contributed by atoms with Crippen molar-refractivity contribution in [3.05, 3.63) is 0 Å². The van der Waals surface area contributed by atoms with Gasteiger partial charge in [-0.25, -0.2) is 9.78 Å². The van der Waals surface area contributed by atoms with Crippen LogP contribution >= 0.6 is 0 Å². The number of ether oxygens (including phenoxy) is 1. The predicted octanol–water partition coefficient (Wildman–Crippen LogP) is 2.51. The molecule has 0 heterocycles. The van der Waals surface area contributed by atoms with Crippen molar-refractivity contribution in [3.63, 3.8) is 0 Å². The van der Waals surface area contributed by atoms with Gasteiger partial charge in [0.05, 0.1) is 5.60 Å². The highest BCUT2D eigenvalue weighted by molar-refractivity contribution is 4.62. The van der Waals surface area contributed by atoms with Crippen LogP contribution in [0.5, 0.6) is 0 Å². The minimum absolute atomic E-state index is 0.254. The Morgan fingerprint density at radius 3 is 1.83 bits per heavy atom. The van der Waals surface area contributed by atoms with Crippen LogP contribution in [0.2, 0.25) is 0 Å². The fourth-order valence-electron chi connectivity index (χ4n) is 0.306. The van der Waals surface area contributed by atoms with E-state index in [0.29, 0.717) is 0 Å². The summed E-state index contributed by atoms with van der Waals surface area (Å²) in [5, 5.41) is 0. The van der Waals surface area contributed by atoms with Gasteiger partial charge in [-0.05, 0) is 34.1 Å². The van der Waals surface area contributed by atoms with Crippen molar-refractivity contribution in [2.24, 2.45) is 0 Å². The summed E-state index contributed by atoms with van der Waals surface area (Å²) in [6, 6.07) is 0. The van der Waals surface area contributed by atoms with Crippen LogP contribution in [0, 0.1) is 0 Å². The summed E-state index contributed by atoms with van der Waals surface area (Å²) >= 11 is 0. The van der Waals surface area contributed by atoms with Crippen LogP contribution in [0.25, 0.3) is 0 Å². The molecule has 0 aromatic carbocycles. The van der Waals surface area contributed by atoms with E-state index >= 15 is 0 Å². The van der Waals surface area contributed by atoms with Crippen LogP contribution < -0.4 is 0 Å². The molecule has 0 N–H and O–H groups in total. The van der Waals surface area contributed by atoms with Crippen molar-refractivity contribution < 1.29 is 14.5 Å². The zero-order chi connectivity index (χ0) is 9.83. The van der Waals surface area contributed by atoms with E-state index in [-0.39, 0.29) is 5.60 Å². The molecule has 0 bridgehead atoms. The number of rotatable bonds is 5. The number of hydrogen-bond donors (Lipinski definition) is 0. The molecule has 74 valence electrons. The van der Waals surface area contributed by atoms with Gasteiger partial charge in [0.15, 0.2) is 5.79 Å². The first kappa shape index (κ1) is 11.9. The quantitative estimate of drug-likeness (QED) is 0.366. The maximum Gasteiger partial charge on any atom is 0.195 e. The third-order valence-electron chi connectivity index (χ3n) is 1.81. The summed E-state index contributed by atoms with van der Waals surface area (Å²) in [4.78, 5) is 10.3. The van der Waals surface area contributed by atoms with E-state index in [9.17, 15) is 0 Å². The van der Waals surface area contributed by atoms with Crippen molar-refractivity contribution in [1.29, 1.82) is 0 Å². The van der Waals surface area contributed by atoms with Gasteiger partial charge in [-0.2, -0.15) is 0 Å². The van der Waals surface area contributed by atoms with Crippen LogP contribution in [0.3, 0.4) is 0 Å². The second kappa shape index (κ2) is 4.21. The Kier molecular flexibility index (Phi) is 4.17. The van der Waals surface area contributed by atoms with Crippen molar-refractivity contribution in [3.8, 4) is 0 Å². The fraction of sp³-hybridized carbons (Fsp3) is 1.00. The summed E-state index contributed by atoms with van der Waals surface area (Å²) in [5.41, 5.74) is -0.254. The molecule has 12 heavy (non-hydrogen) atoms. The Bertz CT molecular complexity index is 114. The molecule has 0 spiro atoms. The van der Waals surface area contributed by atoms with E-state index in [1.807, 2.05) is 20.8 Å². The van der Waals surface area contributed by atoms with E-state index in [0.717, 1.165) is 6.42 Å². The molecule has 0 unspecified atom stereocenters. The van der Waals surface area contributed by atoms with E-state index in [2.05, 4.69) is 0 Å². The molecule has 0 saturated carbocycles. The maximum absolute atomic E-state index is 5.21. The topological polar surface area (TPSA) is 27.7 Å². The van der Waals surface area contributed by atoms with E-state index in [1.165, 1.54) is 0 Å². The highest BCUT2D eigenvalue weighted by Crippen LogP contribution is 2.19. The van der Waals surface area contributed by atoms with Crippen LogP contribution in [0.15, 0.2) is 0 Å². The van der Waals surface area contributed by atoms with Crippen LogP contribution in [-0.4, -0.2) is 18.5 Å². The van der Waals surface area contributed by atoms with Crippen molar-refractivity contribution in [2.45, 2.75) is 52.4 Å². The Labute approximate surface area is 74.9 Å². The van der Waals surface area contributed by atoms with Gasteiger partial charge in [-0.3, -0.25) is 0 Å². The molecule has 0 atom stereocenters. The first-order valence-corrected chi connectivity index (χ1v) is 4.25. The first-order valence-electron chi connectivity index (χ1n) is 4.25. The zero-order valence-electron chi connectivity index (χ0n) is 8.93. The molecule has 3 nitrogen and oxygen atoms in total. The Morgan fingerprint density at radius 1 is 1.00 bits per heavy atom. The van der Waals surface area contributed by atoms with Gasteiger partial charge in [0.1, 0.15) is 0 Å². The lowest BCUT2D eigenvalue weighted by Gasteiger charge is -2.28. The summed E-state index contributed by atoms with van der Waals surface area (Å²) in [5.74, 6) is -0.674. The van der Waals surface area contributed by atoms with Crippen molar-refractivity contribution in [2.75, 3.05) is 7.11 Å². The minimum Gasteiger partial charge on any atom is -0.351 e. The lowest BCUT2D eigenvalue weighted by atomic mass is 10.1. The van der Waals surface area contributed by atoms with Crippen molar-refractivity contribution >= 4 is 0 Å². The third-order valence-corrected chi connectivity index (χ3v) is 1.81. The number of hydrogen-bond acceptors (Lipinski definition) is 3. The van der Waals surface area contributed by atoms with Gasteiger partial charge < -0.3 is 4.74 Å². The molecule has 3 heteroatoms. The second-order valence-electron chi connectivity index (χ2n) is 3.88. The largest absolute Gasteiger partial charge is 0.351 e. The van der Waals surface area contributed by atoms with E-state index < -0.39 is 5.79 Å². The highest BCUT2D eigenvalue weighted by atomic mass is 17.2. The van der Waals surface area contributed by atoms with E-state index in [1.54, 1.807) is 21.0 Å². The summed E-state index contributed by atoms with van der Waals surface area (Å²) in [7, 11) is 1.59. The normalized spacial score (nSPS) is 13.5. The summed E-state index contributed by atoms with van der Waals surface area (Å²) in [6.45, 7) is 9.60. The lowest BCUT2D eigenvalue weighted by Crippen LogP contribution is -2.33. The van der Waals surface area contributed by atoms with Gasteiger partial charge in [0.25, 0.3) is 0 Å². The monoisotopic (exact) mass is 176 g/mol. The number of methoxy groups -OCH3 is 1. The molecular weight excluding hydrogens is 156 g/mol. The van der Waals surface area contributed by atoms with Crippen LogP contribution in [-0.2, 0) is 14.5 Å². The van der Waals surface area contributed by atoms with Gasteiger partial charge in [-0.15, -0.1) is 0 Å². The standard InChI is InChI=1S/C9H20O3/c1-7-8(2,3)11-12-9(4,5)10-6/h7H2,1-6H3. The summed E-state index contributed by atoms with van der Waals surface area (Å²) < 4.78 is 5.03. The van der Waals surface area contributed by atoms with Gasteiger partial charge in [0.2, 0.25) is 0 Å². The third kappa shape index (κ3) is 4.70. The minimum atomic E-state index is -0.674. The lowest BCUT2D eigenvalue weighted by molar-refractivity contribution is -0.448. The van der Waals surface area contributed by atoms with Gasteiger partial charge in [-0.1, -0.05) is 6.92 Å². The van der Waals surface area contributed by atoms with Crippen LogP contribution in [0.4, 0.5) is 0 Å². The van der Waals surface area contributed by atoms with Gasteiger partial charge >= 0.3 is 0 Å². The molecule has 0 aromatic rings. The molecule has 0 amide bonds. The molecule has 0 aliphatic heterocycles. The Morgan fingerprint density at radius 2 is 1.50 bits per heavy atom. The first-order chi connectivity index (χ1) is 5.33. The molecule has 0 saturated heterocycles. The maximum atomic E-state index is 5.21. The Balaban J connectivity index is 3.82. The second-order valence-corrected chi connectivity index (χ2v) is 3.88. The average Bonchev–Trinajstić information content (AvgIpc) is 2.02. The molecule has 0 radical (unpaired) electrons. The summed E-state index contributed by atoms with van der Waals surface area (Å²) in [6.07, 6.45) is 0.896. The molecule has 0 rings (SSSR count). The molecular formula is C9H20O3. The highest BCUT2D eigenvalue weighted by Gasteiger charge is 2.24. The Hall–Kier alpha value is -0.120. The van der Waals surface area contributed by atoms with Crippen molar-refractivity contribution in [1.82, 2.24) is 0 Å². The van der Waals surface area contributed by atoms with E-state index in [4.69, 9.17) is 14.5 Å².